The summed E-state index contributed by atoms with van der Waals surface area (Å²) in [7, 11) is 0. The van der Waals surface area contributed by atoms with Crippen LogP contribution < -0.4 is 5.32 Å². The Balaban J connectivity index is 1.66. The van der Waals surface area contributed by atoms with Gasteiger partial charge in [0, 0.05) is 18.6 Å². The molecule has 1 unspecified atom stereocenters. The van der Waals surface area contributed by atoms with E-state index in [1.807, 2.05) is 0 Å². The second-order valence-electron chi connectivity index (χ2n) is 4.37. The molecule has 1 amide bonds. The molecule has 0 spiro atoms. The van der Waals surface area contributed by atoms with Crippen LogP contribution in [0.2, 0.25) is 5.02 Å². The molecule has 1 N–H and O–H groups in total. The fraction of sp³-hybridized carbons (Fsp3) is 0.154. The zero-order valence-electron chi connectivity index (χ0n) is 11.5. The molecule has 112 valence electrons. The van der Waals surface area contributed by atoms with Gasteiger partial charge in [-0.15, -0.1) is 5.10 Å². The van der Waals surface area contributed by atoms with Crippen molar-refractivity contribution in [2.45, 2.75) is 17.3 Å². The lowest BCUT2D eigenvalue weighted by molar-refractivity contribution is -0.115. The molecule has 0 aromatic carbocycles. The van der Waals surface area contributed by atoms with Crippen LogP contribution in [0.25, 0.3) is 5.78 Å². The van der Waals surface area contributed by atoms with E-state index in [0.717, 1.165) is 0 Å². The van der Waals surface area contributed by atoms with Gasteiger partial charge < -0.3 is 5.32 Å². The number of nitrogens with zero attached hydrogens (tertiary/aromatic N) is 5. The topological polar surface area (TPSA) is 85.1 Å². The number of hydrogen-bond donors (Lipinski definition) is 1. The molecule has 1 atom stereocenters. The number of halogens is 1. The zero-order valence-corrected chi connectivity index (χ0v) is 13.0. The van der Waals surface area contributed by atoms with Crippen LogP contribution in [0.3, 0.4) is 0 Å². The van der Waals surface area contributed by atoms with E-state index >= 15 is 0 Å². The van der Waals surface area contributed by atoms with Gasteiger partial charge in [0.05, 0.1) is 10.3 Å². The molecule has 0 aliphatic carbocycles. The fourth-order valence-electron chi connectivity index (χ4n) is 1.65. The Labute approximate surface area is 135 Å². The van der Waals surface area contributed by atoms with Gasteiger partial charge in [-0.2, -0.15) is 4.98 Å². The standard InChI is InChI=1S/C13H11ClN6OS/c1-8(11(21)17-10-4-3-9(14)7-16-10)22-13-18-12-15-5-2-6-20(12)19-13/h2-8H,1H3,(H,16,17,21). The molecule has 3 aromatic rings. The summed E-state index contributed by atoms with van der Waals surface area (Å²) in [6.45, 7) is 1.77. The number of fused-ring (bicyclic) bond motifs is 1. The zero-order chi connectivity index (χ0) is 15.5. The summed E-state index contributed by atoms with van der Waals surface area (Å²) >= 11 is 7.00. The Kier molecular flexibility index (Phi) is 4.21. The van der Waals surface area contributed by atoms with E-state index in [0.29, 0.717) is 21.8 Å². The lowest BCUT2D eigenvalue weighted by Gasteiger charge is -2.09. The third-order valence-electron chi connectivity index (χ3n) is 2.73. The lowest BCUT2D eigenvalue weighted by atomic mass is 10.4. The highest BCUT2D eigenvalue weighted by Crippen LogP contribution is 2.21. The smallest absolute Gasteiger partial charge is 0.253 e. The van der Waals surface area contributed by atoms with Crippen molar-refractivity contribution in [2.24, 2.45) is 0 Å². The molecular weight excluding hydrogens is 324 g/mol. The van der Waals surface area contributed by atoms with E-state index in [2.05, 4.69) is 25.4 Å². The maximum absolute atomic E-state index is 12.1. The average Bonchev–Trinajstić information content (AvgIpc) is 2.91. The Morgan fingerprint density at radius 1 is 1.41 bits per heavy atom. The normalized spacial score (nSPS) is 12.3. The Hall–Kier alpha value is -2.19. The predicted molar refractivity (Wildman–Crippen MR) is 84.0 cm³/mol. The van der Waals surface area contributed by atoms with E-state index in [9.17, 15) is 4.79 Å². The molecule has 0 aliphatic rings. The number of amides is 1. The largest absolute Gasteiger partial charge is 0.310 e. The first-order valence-corrected chi connectivity index (χ1v) is 7.64. The summed E-state index contributed by atoms with van der Waals surface area (Å²) in [6, 6.07) is 5.07. The van der Waals surface area contributed by atoms with Gasteiger partial charge in [0.25, 0.3) is 5.78 Å². The highest BCUT2D eigenvalue weighted by atomic mass is 35.5. The Morgan fingerprint density at radius 2 is 2.27 bits per heavy atom. The van der Waals surface area contributed by atoms with Crippen molar-refractivity contribution in [1.29, 1.82) is 0 Å². The van der Waals surface area contributed by atoms with E-state index in [4.69, 9.17) is 11.6 Å². The van der Waals surface area contributed by atoms with Crippen molar-refractivity contribution in [3.63, 3.8) is 0 Å². The van der Waals surface area contributed by atoms with Crippen LogP contribution in [0, 0.1) is 0 Å². The highest BCUT2D eigenvalue weighted by molar-refractivity contribution is 8.00. The summed E-state index contributed by atoms with van der Waals surface area (Å²) in [4.78, 5) is 24.5. The van der Waals surface area contributed by atoms with E-state index in [-0.39, 0.29) is 11.2 Å². The number of pyridine rings is 1. The average molecular weight is 335 g/mol. The third kappa shape index (κ3) is 3.34. The van der Waals surface area contributed by atoms with Gasteiger partial charge in [-0.05, 0) is 25.1 Å². The molecular formula is C13H11ClN6OS. The summed E-state index contributed by atoms with van der Waals surface area (Å²) in [5.41, 5.74) is 0. The lowest BCUT2D eigenvalue weighted by Crippen LogP contribution is -2.23. The number of carbonyl (C=O) groups excluding carboxylic acids is 1. The number of carbonyl (C=O) groups is 1. The molecule has 22 heavy (non-hydrogen) atoms. The van der Waals surface area contributed by atoms with Crippen LogP contribution in [-0.4, -0.2) is 35.7 Å². The van der Waals surface area contributed by atoms with Gasteiger partial charge in [-0.1, -0.05) is 23.4 Å². The summed E-state index contributed by atoms with van der Waals surface area (Å²) < 4.78 is 1.56. The van der Waals surface area contributed by atoms with E-state index in [1.165, 1.54) is 18.0 Å². The van der Waals surface area contributed by atoms with Crippen LogP contribution in [-0.2, 0) is 4.79 Å². The first kappa shape index (κ1) is 14.7. The van der Waals surface area contributed by atoms with Gasteiger partial charge >= 0.3 is 0 Å². The molecule has 0 aliphatic heterocycles. The number of anilines is 1. The molecule has 0 saturated carbocycles. The summed E-state index contributed by atoms with van der Waals surface area (Å²) in [5.74, 6) is 0.759. The van der Waals surface area contributed by atoms with Gasteiger partial charge in [0.2, 0.25) is 11.1 Å². The van der Waals surface area contributed by atoms with Crippen LogP contribution >= 0.6 is 23.4 Å². The molecule has 0 radical (unpaired) electrons. The Morgan fingerprint density at radius 3 is 3.00 bits per heavy atom. The molecule has 9 heteroatoms. The van der Waals surface area contributed by atoms with Crippen molar-refractivity contribution in [1.82, 2.24) is 24.6 Å². The second-order valence-corrected chi connectivity index (χ2v) is 6.11. The third-order valence-corrected chi connectivity index (χ3v) is 3.90. The van der Waals surface area contributed by atoms with E-state index < -0.39 is 0 Å². The van der Waals surface area contributed by atoms with Crippen molar-refractivity contribution < 1.29 is 4.79 Å². The quantitative estimate of drug-likeness (QED) is 0.737. The van der Waals surface area contributed by atoms with E-state index in [1.54, 1.807) is 42.0 Å². The molecule has 3 heterocycles. The van der Waals surface area contributed by atoms with Crippen molar-refractivity contribution >= 4 is 40.9 Å². The van der Waals surface area contributed by atoms with Crippen LogP contribution in [0.15, 0.2) is 41.9 Å². The van der Waals surface area contributed by atoms with Crippen LogP contribution in [0.5, 0.6) is 0 Å². The summed E-state index contributed by atoms with van der Waals surface area (Å²) in [6.07, 6.45) is 4.87. The number of aromatic nitrogens is 5. The number of nitrogens with one attached hydrogen (secondary N) is 1. The maximum Gasteiger partial charge on any atom is 0.253 e. The maximum atomic E-state index is 12.1. The second kappa shape index (κ2) is 6.29. The van der Waals surface area contributed by atoms with Gasteiger partial charge in [0.15, 0.2) is 0 Å². The minimum Gasteiger partial charge on any atom is -0.310 e. The van der Waals surface area contributed by atoms with Gasteiger partial charge in [-0.3, -0.25) is 4.79 Å². The number of thioether (sulfide) groups is 1. The van der Waals surface area contributed by atoms with Crippen LogP contribution in [0.1, 0.15) is 6.92 Å². The molecule has 3 rings (SSSR count). The molecule has 0 bridgehead atoms. The first-order valence-electron chi connectivity index (χ1n) is 6.38. The van der Waals surface area contributed by atoms with Gasteiger partial charge in [-0.25, -0.2) is 14.5 Å². The van der Waals surface area contributed by atoms with Crippen LogP contribution in [0.4, 0.5) is 5.82 Å². The Bertz CT molecular complexity index is 773. The minimum absolute atomic E-state index is 0.188. The fourth-order valence-corrected chi connectivity index (χ4v) is 2.52. The highest BCUT2D eigenvalue weighted by Gasteiger charge is 2.18. The number of hydrogen-bond acceptors (Lipinski definition) is 6. The SMILES string of the molecule is CC(Sc1nc2ncccn2n1)C(=O)Nc1ccc(Cl)cn1. The van der Waals surface area contributed by atoms with Crippen molar-refractivity contribution in [3.8, 4) is 0 Å². The minimum atomic E-state index is -0.380. The van der Waals surface area contributed by atoms with Crippen molar-refractivity contribution in [3.05, 3.63) is 41.8 Å². The number of rotatable bonds is 4. The van der Waals surface area contributed by atoms with Gasteiger partial charge in [0.1, 0.15) is 5.82 Å². The predicted octanol–water partition coefficient (Wildman–Crippen LogP) is 2.29. The molecule has 3 aromatic heterocycles. The summed E-state index contributed by atoms with van der Waals surface area (Å²) in [5, 5.41) is 7.59. The molecule has 7 nitrogen and oxygen atoms in total. The monoisotopic (exact) mass is 334 g/mol. The molecule has 0 saturated heterocycles. The molecule has 0 fully saturated rings. The van der Waals surface area contributed by atoms with Crippen molar-refractivity contribution in [2.75, 3.05) is 5.32 Å². The first-order chi connectivity index (χ1) is 10.6.